The zero-order valence-corrected chi connectivity index (χ0v) is 12.8. The summed E-state index contributed by atoms with van der Waals surface area (Å²) in [6.07, 6.45) is 1.64. The highest BCUT2D eigenvalue weighted by Crippen LogP contribution is 2.19. The summed E-state index contributed by atoms with van der Waals surface area (Å²) in [5.74, 6) is -0.140. The second kappa shape index (κ2) is 6.75. The Hall–Kier alpha value is -3.14. The number of nitrogens with zero attached hydrogens (tertiary/aromatic N) is 1. The number of anilines is 3. The third-order valence-electron chi connectivity index (χ3n) is 3.36. The lowest BCUT2D eigenvalue weighted by atomic mass is 10.2. The Morgan fingerprint density at radius 2 is 1.52 bits per heavy atom. The second-order valence-electron chi connectivity index (χ2n) is 5.21. The van der Waals surface area contributed by atoms with Gasteiger partial charge in [0.05, 0.1) is 0 Å². The van der Waals surface area contributed by atoms with Crippen LogP contribution in [-0.4, -0.2) is 10.9 Å². The summed E-state index contributed by atoms with van der Waals surface area (Å²) in [5.41, 5.74) is 4.16. The number of rotatable bonds is 4. The molecule has 0 bridgehead atoms. The number of aromatic nitrogens is 1. The van der Waals surface area contributed by atoms with E-state index in [-0.39, 0.29) is 5.91 Å². The van der Waals surface area contributed by atoms with Crippen molar-refractivity contribution in [2.24, 2.45) is 0 Å². The summed E-state index contributed by atoms with van der Waals surface area (Å²) in [6.45, 7) is 1.86. The van der Waals surface area contributed by atoms with Crippen LogP contribution in [0.15, 0.2) is 72.9 Å². The summed E-state index contributed by atoms with van der Waals surface area (Å²) in [4.78, 5) is 16.3. The quantitative estimate of drug-likeness (QED) is 0.751. The number of nitrogens with one attached hydrogen (secondary N) is 2. The van der Waals surface area contributed by atoms with Crippen molar-refractivity contribution in [3.8, 4) is 0 Å². The molecule has 2 aromatic carbocycles. The maximum atomic E-state index is 12.2. The van der Waals surface area contributed by atoms with Crippen LogP contribution in [0.2, 0.25) is 0 Å². The van der Waals surface area contributed by atoms with Crippen molar-refractivity contribution < 1.29 is 4.79 Å². The van der Waals surface area contributed by atoms with Gasteiger partial charge in [-0.15, -0.1) is 0 Å². The van der Waals surface area contributed by atoms with E-state index in [1.165, 1.54) is 0 Å². The number of amides is 1. The van der Waals surface area contributed by atoms with Crippen LogP contribution in [0.1, 0.15) is 16.1 Å². The molecule has 0 radical (unpaired) electrons. The molecule has 4 heteroatoms. The molecule has 0 unspecified atom stereocenters. The average Bonchev–Trinajstić information content (AvgIpc) is 2.57. The molecule has 0 aliphatic carbocycles. The summed E-state index contributed by atoms with van der Waals surface area (Å²) >= 11 is 0. The van der Waals surface area contributed by atoms with Crippen molar-refractivity contribution in [1.82, 2.24) is 4.98 Å². The molecule has 2 N–H and O–H groups in total. The van der Waals surface area contributed by atoms with Gasteiger partial charge in [0.25, 0.3) is 5.91 Å². The number of carbonyl (C=O) groups is 1. The maximum absolute atomic E-state index is 12.2. The molecule has 4 nitrogen and oxygen atoms in total. The van der Waals surface area contributed by atoms with E-state index in [0.717, 1.165) is 22.8 Å². The first-order valence-electron chi connectivity index (χ1n) is 7.37. The second-order valence-corrected chi connectivity index (χ2v) is 5.21. The van der Waals surface area contributed by atoms with Crippen LogP contribution in [0.5, 0.6) is 0 Å². The number of carbonyl (C=O) groups excluding carboxylic acids is 1. The third kappa shape index (κ3) is 3.95. The number of aryl methyl sites for hydroxylation is 1. The van der Waals surface area contributed by atoms with Crippen LogP contribution in [0.3, 0.4) is 0 Å². The first-order chi connectivity index (χ1) is 11.2. The first kappa shape index (κ1) is 14.8. The van der Waals surface area contributed by atoms with E-state index >= 15 is 0 Å². The normalized spacial score (nSPS) is 10.1. The molecule has 23 heavy (non-hydrogen) atoms. The fraction of sp³-hybridized carbons (Fsp3) is 0.0526. The highest BCUT2D eigenvalue weighted by atomic mass is 16.1. The Balaban J connectivity index is 1.67. The predicted octanol–water partition coefficient (Wildman–Crippen LogP) is 4.39. The molecule has 3 rings (SSSR count). The number of pyridine rings is 1. The van der Waals surface area contributed by atoms with Gasteiger partial charge in [-0.25, -0.2) is 0 Å². The minimum Gasteiger partial charge on any atom is -0.356 e. The lowest BCUT2D eigenvalue weighted by Gasteiger charge is -2.09. The Morgan fingerprint density at radius 1 is 0.870 bits per heavy atom. The number of benzene rings is 2. The predicted molar refractivity (Wildman–Crippen MR) is 93.1 cm³/mol. The van der Waals surface area contributed by atoms with Gasteiger partial charge in [0.1, 0.15) is 0 Å². The van der Waals surface area contributed by atoms with Gasteiger partial charge in [-0.3, -0.25) is 9.78 Å². The molecule has 0 aliphatic rings. The first-order valence-corrected chi connectivity index (χ1v) is 7.37. The molecule has 1 heterocycles. The summed E-state index contributed by atoms with van der Waals surface area (Å²) in [6, 6.07) is 21.0. The smallest absolute Gasteiger partial charge is 0.255 e. The van der Waals surface area contributed by atoms with E-state index in [0.29, 0.717) is 5.56 Å². The van der Waals surface area contributed by atoms with Gasteiger partial charge in [-0.05, 0) is 55.5 Å². The topological polar surface area (TPSA) is 54.0 Å². The zero-order chi connectivity index (χ0) is 16.1. The van der Waals surface area contributed by atoms with Crippen LogP contribution in [0, 0.1) is 6.92 Å². The highest BCUT2D eigenvalue weighted by molar-refractivity contribution is 6.04. The summed E-state index contributed by atoms with van der Waals surface area (Å²) < 4.78 is 0. The fourth-order valence-electron chi connectivity index (χ4n) is 2.22. The Labute approximate surface area is 135 Å². The lowest BCUT2D eigenvalue weighted by Crippen LogP contribution is -2.12. The van der Waals surface area contributed by atoms with Crippen LogP contribution in [-0.2, 0) is 0 Å². The van der Waals surface area contributed by atoms with Gasteiger partial charge in [0.2, 0.25) is 0 Å². The third-order valence-corrected chi connectivity index (χ3v) is 3.36. The van der Waals surface area contributed by atoms with Crippen LogP contribution in [0.4, 0.5) is 17.1 Å². The van der Waals surface area contributed by atoms with Crippen LogP contribution in [0.25, 0.3) is 0 Å². The van der Waals surface area contributed by atoms with E-state index in [1.54, 1.807) is 18.3 Å². The Morgan fingerprint density at radius 3 is 2.22 bits per heavy atom. The van der Waals surface area contributed by atoms with Crippen LogP contribution >= 0.6 is 0 Å². The van der Waals surface area contributed by atoms with Crippen molar-refractivity contribution >= 4 is 23.0 Å². The van der Waals surface area contributed by atoms with Gasteiger partial charge < -0.3 is 10.6 Å². The van der Waals surface area contributed by atoms with Gasteiger partial charge in [-0.2, -0.15) is 0 Å². The molecule has 0 aliphatic heterocycles. The minimum absolute atomic E-state index is 0.140. The minimum atomic E-state index is -0.140. The van der Waals surface area contributed by atoms with Crippen molar-refractivity contribution in [1.29, 1.82) is 0 Å². The molecule has 0 spiro atoms. The zero-order valence-electron chi connectivity index (χ0n) is 12.8. The SMILES string of the molecule is Cc1cc(C(=O)Nc2ccc(Nc3ccccc3)cc2)ccn1. The van der Waals surface area contributed by atoms with Gasteiger partial charge in [-0.1, -0.05) is 18.2 Å². The molecule has 0 fully saturated rings. The number of para-hydroxylation sites is 1. The summed E-state index contributed by atoms with van der Waals surface area (Å²) in [7, 11) is 0. The monoisotopic (exact) mass is 303 g/mol. The molecular formula is C19H17N3O. The lowest BCUT2D eigenvalue weighted by molar-refractivity contribution is 0.102. The molecule has 0 saturated heterocycles. The average molecular weight is 303 g/mol. The fourth-order valence-corrected chi connectivity index (χ4v) is 2.22. The van der Waals surface area contributed by atoms with E-state index < -0.39 is 0 Å². The standard InChI is InChI=1S/C19H17N3O/c1-14-13-15(11-12-20-14)19(23)22-18-9-7-17(8-10-18)21-16-5-3-2-4-6-16/h2-13,21H,1H3,(H,22,23). The van der Waals surface area contributed by atoms with Crippen molar-refractivity contribution in [2.45, 2.75) is 6.92 Å². The van der Waals surface area contributed by atoms with Gasteiger partial charge in [0, 0.05) is 34.5 Å². The molecule has 0 atom stereocenters. The van der Waals surface area contributed by atoms with E-state index in [4.69, 9.17) is 0 Å². The Bertz CT molecular complexity index is 798. The Kier molecular flexibility index (Phi) is 4.34. The van der Waals surface area contributed by atoms with E-state index in [9.17, 15) is 4.79 Å². The van der Waals surface area contributed by atoms with E-state index in [2.05, 4.69) is 15.6 Å². The highest BCUT2D eigenvalue weighted by Gasteiger charge is 2.06. The van der Waals surface area contributed by atoms with Crippen molar-refractivity contribution in [2.75, 3.05) is 10.6 Å². The van der Waals surface area contributed by atoms with Crippen molar-refractivity contribution in [3.05, 3.63) is 84.2 Å². The number of hydrogen-bond acceptors (Lipinski definition) is 3. The molecule has 0 saturated carbocycles. The van der Waals surface area contributed by atoms with Crippen LogP contribution < -0.4 is 10.6 Å². The molecule has 3 aromatic rings. The van der Waals surface area contributed by atoms with Gasteiger partial charge >= 0.3 is 0 Å². The molecule has 114 valence electrons. The van der Waals surface area contributed by atoms with Crippen molar-refractivity contribution in [3.63, 3.8) is 0 Å². The molecule has 1 amide bonds. The largest absolute Gasteiger partial charge is 0.356 e. The number of hydrogen-bond donors (Lipinski definition) is 2. The maximum Gasteiger partial charge on any atom is 0.255 e. The summed E-state index contributed by atoms with van der Waals surface area (Å²) in [5, 5.41) is 6.18. The molecular weight excluding hydrogens is 286 g/mol. The van der Waals surface area contributed by atoms with Gasteiger partial charge in [0.15, 0.2) is 0 Å². The van der Waals surface area contributed by atoms with E-state index in [1.807, 2.05) is 61.5 Å². The molecule has 1 aromatic heterocycles.